The number of aromatic nitrogens is 2. The normalized spacial score (nSPS) is 11.2. The average Bonchev–Trinajstić information content (AvgIpc) is 3.34. The molecule has 0 unspecified atom stereocenters. The van der Waals surface area contributed by atoms with E-state index in [0.717, 1.165) is 22.3 Å². The highest BCUT2D eigenvalue weighted by Crippen LogP contribution is 2.34. The molecule has 0 spiro atoms. The first kappa shape index (κ1) is 27.1. The molecule has 5 rings (SSSR count). The maximum Gasteiger partial charge on any atom is 0.270 e. The summed E-state index contributed by atoms with van der Waals surface area (Å²) in [4.78, 5) is 31.0. The van der Waals surface area contributed by atoms with Crippen LogP contribution in [0.5, 0.6) is 0 Å². The maximum absolute atomic E-state index is 13.6. The van der Waals surface area contributed by atoms with E-state index in [9.17, 15) is 14.0 Å². The largest absolute Gasteiger partial charge is 0.354 e. The Hall–Kier alpha value is -4.49. The number of benzene rings is 3. The van der Waals surface area contributed by atoms with Gasteiger partial charge in [0.1, 0.15) is 22.9 Å². The van der Waals surface area contributed by atoms with Crippen LogP contribution in [0.4, 0.5) is 4.39 Å². The number of hydrogen-bond donors (Lipinski definition) is 2. The van der Waals surface area contributed by atoms with E-state index in [-0.39, 0.29) is 23.5 Å². The number of imidazole rings is 1. The minimum Gasteiger partial charge on any atom is -0.354 e. The molecule has 3 aromatic carbocycles. The van der Waals surface area contributed by atoms with Gasteiger partial charge >= 0.3 is 0 Å². The number of rotatable bonds is 7. The summed E-state index contributed by atoms with van der Waals surface area (Å²) < 4.78 is 15.3. The van der Waals surface area contributed by atoms with Gasteiger partial charge in [0.05, 0.1) is 0 Å². The van der Waals surface area contributed by atoms with Crippen molar-refractivity contribution in [1.82, 2.24) is 20.0 Å². The summed E-state index contributed by atoms with van der Waals surface area (Å²) in [6, 6.07) is 22.7. The third-order valence-corrected chi connectivity index (χ3v) is 6.94. The van der Waals surface area contributed by atoms with Gasteiger partial charge in [0.15, 0.2) is 0 Å². The van der Waals surface area contributed by atoms with Crippen molar-refractivity contribution in [3.8, 4) is 33.5 Å². The lowest BCUT2D eigenvalue weighted by atomic mass is 9.94. The first-order valence-corrected chi connectivity index (χ1v) is 13.3. The average molecular weight is 555 g/mol. The molecule has 6 nitrogen and oxygen atoms in total. The number of fused-ring (bicyclic) bond motifs is 1. The molecular weight excluding hydrogens is 527 g/mol. The van der Waals surface area contributed by atoms with Crippen molar-refractivity contribution in [1.29, 1.82) is 0 Å². The molecule has 0 aliphatic carbocycles. The van der Waals surface area contributed by atoms with Crippen molar-refractivity contribution in [2.24, 2.45) is 5.92 Å². The zero-order chi connectivity index (χ0) is 28.4. The Kier molecular flexibility index (Phi) is 7.67. The van der Waals surface area contributed by atoms with Gasteiger partial charge in [-0.1, -0.05) is 55.8 Å². The fourth-order valence-corrected chi connectivity index (χ4v) is 4.82. The van der Waals surface area contributed by atoms with Crippen LogP contribution in [-0.4, -0.2) is 34.8 Å². The molecule has 0 bridgehead atoms. The van der Waals surface area contributed by atoms with Gasteiger partial charge in [-0.25, -0.2) is 9.37 Å². The minimum atomic E-state index is -0.371. The smallest absolute Gasteiger partial charge is 0.270 e. The lowest BCUT2D eigenvalue weighted by Crippen LogP contribution is -2.27. The molecule has 5 aromatic rings. The Balaban J connectivity index is 1.65. The predicted molar refractivity (Wildman–Crippen MR) is 157 cm³/mol. The van der Waals surface area contributed by atoms with Crippen molar-refractivity contribution in [3.05, 3.63) is 107 Å². The molecule has 202 valence electrons. The highest BCUT2D eigenvalue weighted by atomic mass is 35.5. The van der Waals surface area contributed by atoms with E-state index in [2.05, 4.69) is 15.6 Å². The highest BCUT2D eigenvalue weighted by molar-refractivity contribution is 6.33. The molecule has 0 radical (unpaired) electrons. The van der Waals surface area contributed by atoms with Crippen molar-refractivity contribution >= 4 is 29.1 Å². The van der Waals surface area contributed by atoms with Crippen LogP contribution in [0.1, 0.15) is 34.7 Å². The van der Waals surface area contributed by atoms with Gasteiger partial charge in [0.2, 0.25) is 0 Å². The van der Waals surface area contributed by atoms with E-state index in [1.165, 1.54) is 12.1 Å². The summed E-state index contributed by atoms with van der Waals surface area (Å²) in [5.41, 5.74) is 5.51. The zero-order valence-corrected chi connectivity index (χ0v) is 23.1. The van der Waals surface area contributed by atoms with Gasteiger partial charge in [-0.2, -0.15) is 0 Å². The van der Waals surface area contributed by atoms with E-state index < -0.39 is 0 Å². The molecule has 8 heteroatoms. The molecule has 2 heterocycles. The fraction of sp³-hybridized carbons (Fsp3) is 0.156. The van der Waals surface area contributed by atoms with E-state index in [4.69, 9.17) is 11.6 Å². The fourth-order valence-electron chi connectivity index (χ4n) is 4.58. The second-order valence-electron chi connectivity index (χ2n) is 9.89. The number of amides is 2. The third kappa shape index (κ3) is 5.33. The Morgan fingerprint density at radius 1 is 0.900 bits per heavy atom. The van der Waals surface area contributed by atoms with Gasteiger partial charge in [0.25, 0.3) is 11.8 Å². The van der Waals surface area contributed by atoms with E-state index in [0.29, 0.717) is 39.7 Å². The number of carbonyl (C=O) groups is 2. The van der Waals surface area contributed by atoms with Crippen molar-refractivity contribution in [2.45, 2.75) is 13.8 Å². The standard InChI is InChI=1S/C32H28ClFN4O2/c1-19(2)17-36-31(39)26-16-21(10-14-24(26)25-6-4-5-7-27(25)33)22-11-15-28-37-29(20-8-12-23(34)13-9-20)30(32(40)35-3)38(28)18-22/h4-16,18-19H,17H2,1-3H3,(H,35,40)(H,36,39). The molecule has 0 aliphatic heterocycles. The Labute approximate surface area is 236 Å². The summed E-state index contributed by atoms with van der Waals surface area (Å²) in [7, 11) is 1.55. The van der Waals surface area contributed by atoms with Crippen LogP contribution in [-0.2, 0) is 0 Å². The maximum atomic E-state index is 13.6. The van der Waals surface area contributed by atoms with Crippen LogP contribution in [0.15, 0.2) is 85.1 Å². The summed E-state index contributed by atoms with van der Waals surface area (Å²) in [6.45, 7) is 4.61. The van der Waals surface area contributed by atoms with Crippen molar-refractivity contribution in [3.63, 3.8) is 0 Å². The number of carbonyl (C=O) groups excluding carboxylic acids is 2. The summed E-state index contributed by atoms with van der Waals surface area (Å²) in [5.74, 6) is -0.603. The molecular formula is C32H28ClFN4O2. The van der Waals surface area contributed by atoms with Gasteiger partial charge in [-0.05, 0) is 71.1 Å². The quantitative estimate of drug-likeness (QED) is 0.230. The first-order valence-electron chi connectivity index (χ1n) is 12.9. The predicted octanol–water partition coefficient (Wildman–Crippen LogP) is 6.87. The van der Waals surface area contributed by atoms with Crippen LogP contribution >= 0.6 is 11.6 Å². The zero-order valence-electron chi connectivity index (χ0n) is 22.3. The first-order chi connectivity index (χ1) is 19.3. The Morgan fingerprint density at radius 3 is 2.30 bits per heavy atom. The van der Waals surface area contributed by atoms with Gasteiger partial charge < -0.3 is 10.6 Å². The molecule has 0 atom stereocenters. The third-order valence-electron chi connectivity index (χ3n) is 6.61. The highest BCUT2D eigenvalue weighted by Gasteiger charge is 2.21. The number of halogens is 2. The lowest BCUT2D eigenvalue weighted by molar-refractivity contribution is 0.0945. The van der Waals surface area contributed by atoms with E-state index >= 15 is 0 Å². The molecule has 0 fully saturated rings. The van der Waals surface area contributed by atoms with E-state index in [1.807, 2.05) is 68.6 Å². The minimum absolute atomic E-state index is 0.196. The molecule has 0 aliphatic rings. The number of nitrogens with zero attached hydrogens (tertiary/aromatic N) is 2. The molecule has 2 N–H and O–H groups in total. The van der Waals surface area contributed by atoms with Crippen LogP contribution in [0.2, 0.25) is 5.02 Å². The number of pyridine rings is 1. The summed E-state index contributed by atoms with van der Waals surface area (Å²) in [6.07, 6.45) is 1.82. The van der Waals surface area contributed by atoms with Crippen LogP contribution in [0.25, 0.3) is 39.2 Å². The molecule has 40 heavy (non-hydrogen) atoms. The molecule has 2 aromatic heterocycles. The van der Waals surface area contributed by atoms with Crippen LogP contribution < -0.4 is 10.6 Å². The van der Waals surface area contributed by atoms with Crippen molar-refractivity contribution < 1.29 is 14.0 Å². The summed E-state index contributed by atoms with van der Waals surface area (Å²) >= 11 is 6.51. The van der Waals surface area contributed by atoms with E-state index in [1.54, 1.807) is 29.6 Å². The summed E-state index contributed by atoms with van der Waals surface area (Å²) in [5, 5.41) is 6.25. The second kappa shape index (κ2) is 11.3. The Morgan fingerprint density at radius 2 is 1.60 bits per heavy atom. The molecule has 2 amide bonds. The van der Waals surface area contributed by atoms with Crippen LogP contribution in [0.3, 0.4) is 0 Å². The second-order valence-corrected chi connectivity index (χ2v) is 10.3. The molecule has 0 saturated carbocycles. The monoisotopic (exact) mass is 554 g/mol. The van der Waals surface area contributed by atoms with Crippen LogP contribution in [0, 0.1) is 11.7 Å². The van der Waals surface area contributed by atoms with Gasteiger partial charge in [-0.15, -0.1) is 0 Å². The van der Waals surface area contributed by atoms with Gasteiger partial charge in [0, 0.05) is 41.5 Å². The molecule has 0 saturated heterocycles. The number of hydrogen-bond acceptors (Lipinski definition) is 3. The van der Waals surface area contributed by atoms with Crippen molar-refractivity contribution in [2.75, 3.05) is 13.6 Å². The number of nitrogens with one attached hydrogen (secondary N) is 2. The SMILES string of the molecule is CNC(=O)c1c(-c2ccc(F)cc2)nc2ccc(-c3ccc(-c4ccccc4Cl)c(C(=O)NCC(C)C)c3)cn12. The van der Waals surface area contributed by atoms with Gasteiger partial charge in [-0.3, -0.25) is 14.0 Å². The lowest BCUT2D eigenvalue weighted by Gasteiger charge is -2.15. The topological polar surface area (TPSA) is 75.5 Å². The Bertz CT molecular complexity index is 1730.